The van der Waals surface area contributed by atoms with Gasteiger partial charge in [-0.3, -0.25) is 0 Å². The predicted octanol–water partition coefficient (Wildman–Crippen LogP) is 4.27. The summed E-state index contributed by atoms with van der Waals surface area (Å²) in [6.45, 7) is 6.50. The van der Waals surface area contributed by atoms with Crippen LogP contribution in [-0.4, -0.2) is 7.05 Å². The van der Waals surface area contributed by atoms with E-state index in [1.807, 2.05) is 19.2 Å². The summed E-state index contributed by atoms with van der Waals surface area (Å²) in [5, 5.41) is 4.09. The number of hydrogen-bond donors (Lipinski definition) is 1. The Morgan fingerprint density at radius 2 is 2.11 bits per heavy atom. The minimum absolute atomic E-state index is 0.0547. The minimum atomic E-state index is -0.303. The first-order valence-electron chi connectivity index (χ1n) is 6.35. The summed E-state index contributed by atoms with van der Waals surface area (Å²) in [7, 11) is 1.91. The molecule has 0 spiro atoms. The number of rotatable bonds is 4. The Kier molecular flexibility index (Phi) is 3.44. The van der Waals surface area contributed by atoms with Crippen LogP contribution in [0.3, 0.4) is 0 Å². The van der Waals surface area contributed by atoms with Crippen LogP contribution in [0.4, 0.5) is 4.39 Å². The molecule has 98 valence electrons. The molecule has 0 fully saturated rings. The Bertz CT molecular complexity index is 544. The van der Waals surface area contributed by atoms with Gasteiger partial charge in [-0.15, -0.1) is 0 Å². The van der Waals surface area contributed by atoms with E-state index in [4.69, 9.17) is 4.42 Å². The van der Waals surface area contributed by atoms with Crippen molar-refractivity contribution in [1.82, 2.24) is 5.32 Å². The summed E-state index contributed by atoms with van der Waals surface area (Å²) in [4.78, 5) is 0. The Morgan fingerprint density at radius 3 is 2.67 bits per heavy atom. The van der Waals surface area contributed by atoms with E-state index >= 15 is 0 Å². The van der Waals surface area contributed by atoms with E-state index in [9.17, 15) is 4.39 Å². The zero-order valence-corrected chi connectivity index (χ0v) is 11.4. The van der Waals surface area contributed by atoms with Gasteiger partial charge in [0.2, 0.25) is 0 Å². The third-order valence-electron chi connectivity index (χ3n) is 3.78. The second-order valence-electron chi connectivity index (χ2n) is 5.37. The number of nitrogens with one attached hydrogen (secondary N) is 1. The van der Waals surface area contributed by atoms with Gasteiger partial charge >= 0.3 is 0 Å². The Balaban J connectivity index is 2.50. The van der Waals surface area contributed by atoms with Crippen LogP contribution >= 0.6 is 0 Å². The number of halogens is 1. The summed E-state index contributed by atoms with van der Waals surface area (Å²) in [6, 6.07) is 7.01. The van der Waals surface area contributed by atoms with Crippen molar-refractivity contribution in [2.45, 2.75) is 33.2 Å². The molecule has 0 saturated carbocycles. The molecule has 1 unspecified atom stereocenters. The Morgan fingerprint density at radius 1 is 1.39 bits per heavy atom. The van der Waals surface area contributed by atoms with Crippen LogP contribution in [0, 0.1) is 11.2 Å². The third kappa shape index (κ3) is 2.15. The molecule has 0 radical (unpaired) electrons. The lowest BCUT2D eigenvalue weighted by molar-refractivity contribution is 0.218. The number of para-hydroxylation sites is 1. The molecule has 3 heteroatoms. The maximum atomic E-state index is 13.6. The molecule has 2 aromatic rings. The molecule has 1 aromatic carbocycles. The van der Waals surface area contributed by atoms with Gasteiger partial charge in [-0.2, -0.15) is 0 Å². The highest BCUT2D eigenvalue weighted by Gasteiger charge is 2.30. The standard InChI is InChI=1S/C15H20FNO/c1-5-15(2,3)14(17-4)12-9-10-7-6-8-11(16)13(10)18-12/h6-9,14,17H,5H2,1-4H3. The van der Waals surface area contributed by atoms with E-state index in [-0.39, 0.29) is 17.3 Å². The first-order valence-corrected chi connectivity index (χ1v) is 6.35. The van der Waals surface area contributed by atoms with Crippen molar-refractivity contribution in [3.8, 4) is 0 Å². The second-order valence-corrected chi connectivity index (χ2v) is 5.37. The van der Waals surface area contributed by atoms with Gasteiger partial charge in [0.1, 0.15) is 5.76 Å². The monoisotopic (exact) mass is 249 g/mol. The fourth-order valence-corrected chi connectivity index (χ4v) is 2.31. The van der Waals surface area contributed by atoms with Gasteiger partial charge in [-0.05, 0) is 31.0 Å². The molecule has 2 nitrogen and oxygen atoms in total. The van der Waals surface area contributed by atoms with E-state index < -0.39 is 0 Å². The van der Waals surface area contributed by atoms with Gasteiger partial charge in [-0.1, -0.05) is 32.9 Å². The molecular formula is C15H20FNO. The highest BCUT2D eigenvalue weighted by Crippen LogP contribution is 2.38. The lowest BCUT2D eigenvalue weighted by Gasteiger charge is -2.31. The third-order valence-corrected chi connectivity index (χ3v) is 3.78. The van der Waals surface area contributed by atoms with Crippen LogP contribution < -0.4 is 5.32 Å². The second kappa shape index (κ2) is 4.73. The fourth-order valence-electron chi connectivity index (χ4n) is 2.31. The van der Waals surface area contributed by atoms with Gasteiger partial charge in [0, 0.05) is 5.39 Å². The van der Waals surface area contributed by atoms with Crippen molar-refractivity contribution in [1.29, 1.82) is 0 Å². The molecule has 2 rings (SSSR count). The highest BCUT2D eigenvalue weighted by atomic mass is 19.1. The predicted molar refractivity (Wildman–Crippen MR) is 72.0 cm³/mol. The number of fused-ring (bicyclic) bond motifs is 1. The quantitative estimate of drug-likeness (QED) is 0.875. The average Bonchev–Trinajstić information content (AvgIpc) is 2.74. The maximum Gasteiger partial charge on any atom is 0.169 e. The zero-order chi connectivity index (χ0) is 13.3. The van der Waals surface area contributed by atoms with Crippen LogP contribution in [0.25, 0.3) is 11.0 Å². The van der Waals surface area contributed by atoms with E-state index in [0.29, 0.717) is 5.58 Å². The van der Waals surface area contributed by atoms with Gasteiger partial charge in [0.15, 0.2) is 11.4 Å². The topological polar surface area (TPSA) is 25.2 Å². The molecule has 0 aliphatic carbocycles. The van der Waals surface area contributed by atoms with Crippen LogP contribution in [0.2, 0.25) is 0 Å². The number of hydrogen-bond acceptors (Lipinski definition) is 2. The Hall–Kier alpha value is -1.35. The molecule has 1 heterocycles. The van der Waals surface area contributed by atoms with Gasteiger partial charge in [0.05, 0.1) is 6.04 Å². The molecule has 0 amide bonds. The SMILES string of the molecule is CCC(C)(C)C(NC)c1cc2cccc(F)c2o1. The summed E-state index contributed by atoms with van der Waals surface area (Å²) in [5.41, 5.74) is 0.402. The van der Waals surface area contributed by atoms with Crippen molar-refractivity contribution in [3.05, 3.63) is 35.8 Å². The van der Waals surface area contributed by atoms with Crippen molar-refractivity contribution < 1.29 is 8.81 Å². The zero-order valence-electron chi connectivity index (χ0n) is 11.4. The maximum absolute atomic E-state index is 13.6. The van der Waals surface area contributed by atoms with Crippen molar-refractivity contribution >= 4 is 11.0 Å². The Labute approximate surface area is 107 Å². The van der Waals surface area contributed by atoms with Gasteiger partial charge in [-0.25, -0.2) is 4.39 Å². The van der Waals surface area contributed by atoms with Crippen molar-refractivity contribution in [2.24, 2.45) is 5.41 Å². The van der Waals surface area contributed by atoms with Crippen LogP contribution in [0.1, 0.15) is 39.0 Å². The van der Waals surface area contributed by atoms with E-state index in [1.165, 1.54) is 6.07 Å². The summed E-state index contributed by atoms with van der Waals surface area (Å²) < 4.78 is 19.3. The fraction of sp³-hybridized carbons (Fsp3) is 0.467. The molecule has 18 heavy (non-hydrogen) atoms. The minimum Gasteiger partial charge on any atom is -0.456 e. The molecular weight excluding hydrogens is 229 g/mol. The summed E-state index contributed by atoms with van der Waals surface area (Å²) >= 11 is 0. The van der Waals surface area contributed by atoms with Crippen molar-refractivity contribution in [2.75, 3.05) is 7.05 Å². The average molecular weight is 249 g/mol. The van der Waals surface area contributed by atoms with Crippen LogP contribution in [0.5, 0.6) is 0 Å². The van der Waals surface area contributed by atoms with Gasteiger partial charge < -0.3 is 9.73 Å². The lowest BCUT2D eigenvalue weighted by Crippen LogP contribution is -2.31. The summed E-state index contributed by atoms with van der Waals surface area (Å²) in [5.74, 6) is 0.493. The van der Waals surface area contributed by atoms with E-state index in [1.54, 1.807) is 6.07 Å². The summed E-state index contributed by atoms with van der Waals surface area (Å²) in [6.07, 6.45) is 1.01. The van der Waals surface area contributed by atoms with Crippen molar-refractivity contribution in [3.63, 3.8) is 0 Å². The smallest absolute Gasteiger partial charge is 0.169 e. The molecule has 1 N–H and O–H groups in total. The first kappa shape index (κ1) is 13.1. The molecule has 0 aliphatic heterocycles. The molecule has 0 aliphatic rings. The van der Waals surface area contributed by atoms with Gasteiger partial charge in [0.25, 0.3) is 0 Å². The highest BCUT2D eigenvalue weighted by molar-refractivity contribution is 5.78. The van der Waals surface area contributed by atoms with Crippen LogP contribution in [-0.2, 0) is 0 Å². The van der Waals surface area contributed by atoms with Crippen LogP contribution in [0.15, 0.2) is 28.7 Å². The normalized spacial score (nSPS) is 14.1. The van der Waals surface area contributed by atoms with E-state index in [0.717, 1.165) is 17.6 Å². The molecule has 1 aromatic heterocycles. The first-order chi connectivity index (χ1) is 8.49. The molecule has 1 atom stereocenters. The molecule has 0 saturated heterocycles. The largest absolute Gasteiger partial charge is 0.456 e. The van der Waals surface area contributed by atoms with E-state index in [2.05, 4.69) is 26.1 Å². The molecule has 0 bridgehead atoms. The lowest BCUT2D eigenvalue weighted by atomic mass is 9.80. The number of benzene rings is 1. The number of furan rings is 1.